The highest BCUT2D eigenvalue weighted by Gasteiger charge is 3.03. The summed E-state index contributed by atoms with van der Waals surface area (Å²) in [7, 11) is 0. The molecule has 8 nitrogen and oxygen atoms in total. The summed E-state index contributed by atoms with van der Waals surface area (Å²) in [4.78, 5) is 23.6. The molecular weight excluding hydrogens is 376 g/mol. The number of carbonyl (C=O) groups is 2. The average molecular weight is 397 g/mol. The first-order chi connectivity index (χ1) is 10.1. The molecular formula is C14H21BrO8. The predicted molar refractivity (Wildman–Crippen MR) is 79.8 cm³/mol. The van der Waals surface area contributed by atoms with Crippen LogP contribution in [0.2, 0.25) is 0 Å². The lowest BCUT2D eigenvalue weighted by molar-refractivity contribution is -0.197. The highest BCUT2D eigenvalue weighted by molar-refractivity contribution is 9.09. The Morgan fingerprint density at radius 3 is 1.78 bits per heavy atom. The topological polar surface area (TPSA) is 156 Å². The predicted octanol–water partition coefficient (Wildman–Crippen LogP) is -1.60. The van der Waals surface area contributed by atoms with E-state index in [0.717, 1.165) is 0 Å². The number of aliphatic carboxylic acids is 1. The Bertz CT molecular complexity index is 604. The second-order valence-electron chi connectivity index (χ2n) is 7.51. The first-order valence-corrected chi connectivity index (χ1v) is 8.10. The summed E-state index contributed by atoms with van der Waals surface area (Å²) in [6, 6.07) is 0. The molecule has 0 aromatic carbocycles. The number of carboxylic acids is 1. The van der Waals surface area contributed by atoms with Crippen molar-refractivity contribution < 1.29 is 40.2 Å². The highest BCUT2D eigenvalue weighted by Crippen LogP contribution is 2.81. The molecule has 2 fully saturated rings. The van der Waals surface area contributed by atoms with Gasteiger partial charge in [0.2, 0.25) is 0 Å². The van der Waals surface area contributed by atoms with Gasteiger partial charge in [-0.25, -0.2) is 4.79 Å². The van der Waals surface area contributed by atoms with Crippen LogP contribution in [0.5, 0.6) is 0 Å². The van der Waals surface area contributed by atoms with Crippen LogP contribution in [0.4, 0.5) is 0 Å². The van der Waals surface area contributed by atoms with Crippen molar-refractivity contribution in [2.75, 3.05) is 5.33 Å². The maximum atomic E-state index is 12.0. The van der Waals surface area contributed by atoms with E-state index in [2.05, 4.69) is 15.9 Å². The number of carboxylic acid groups (broad SMARTS) is 1. The van der Waals surface area contributed by atoms with Crippen molar-refractivity contribution in [1.82, 2.24) is 0 Å². The standard InChI is InChI=1S/C14H21BrO8/c1-9(2)7(17)12(9,21)14(23)10(3,4)13(14,22)11(20,8(18)19)6(16)5-15/h7,17,20-23H,5H2,1-4H3,(H,18,19)/t7?,11-,12-,13+,14+/m0/s1. The third kappa shape index (κ3) is 1.42. The molecule has 2 saturated carbocycles. The minimum absolute atomic E-state index is 0.589. The van der Waals surface area contributed by atoms with Crippen LogP contribution in [0.1, 0.15) is 27.7 Å². The Hall–Kier alpha value is -0.580. The zero-order chi connectivity index (χ0) is 18.4. The van der Waals surface area contributed by atoms with E-state index in [1.54, 1.807) is 0 Å². The van der Waals surface area contributed by atoms with Gasteiger partial charge in [-0.2, -0.15) is 0 Å². The van der Waals surface area contributed by atoms with E-state index < -0.39 is 56.4 Å². The van der Waals surface area contributed by atoms with Crippen LogP contribution >= 0.6 is 15.9 Å². The van der Waals surface area contributed by atoms with Gasteiger partial charge in [-0.15, -0.1) is 0 Å². The summed E-state index contributed by atoms with van der Waals surface area (Å²) < 4.78 is 0. The van der Waals surface area contributed by atoms with E-state index in [9.17, 15) is 40.2 Å². The van der Waals surface area contributed by atoms with Gasteiger partial charge in [-0.3, -0.25) is 4.79 Å². The Kier molecular flexibility index (Phi) is 3.53. The monoisotopic (exact) mass is 396 g/mol. The Labute approximate surface area is 140 Å². The molecule has 23 heavy (non-hydrogen) atoms. The van der Waals surface area contributed by atoms with Crippen molar-refractivity contribution in [3.8, 4) is 0 Å². The number of aliphatic hydroxyl groups excluding tert-OH is 1. The summed E-state index contributed by atoms with van der Waals surface area (Å²) in [5, 5.41) is 61.8. The van der Waals surface area contributed by atoms with Crippen LogP contribution in [0.3, 0.4) is 0 Å². The third-order valence-electron chi connectivity index (χ3n) is 6.16. The molecule has 5 atom stereocenters. The summed E-state index contributed by atoms with van der Waals surface area (Å²) >= 11 is 2.74. The van der Waals surface area contributed by atoms with E-state index in [-0.39, 0.29) is 0 Å². The molecule has 0 aliphatic heterocycles. The molecule has 2 aliphatic rings. The molecule has 132 valence electrons. The van der Waals surface area contributed by atoms with Crippen LogP contribution in [0.15, 0.2) is 0 Å². The zero-order valence-corrected chi connectivity index (χ0v) is 14.7. The molecule has 0 amide bonds. The molecule has 2 rings (SSSR count). The number of aliphatic hydroxyl groups is 5. The molecule has 9 heteroatoms. The van der Waals surface area contributed by atoms with Gasteiger partial charge in [0, 0.05) is 10.8 Å². The molecule has 0 aromatic rings. The Morgan fingerprint density at radius 2 is 1.52 bits per heavy atom. The number of rotatable bonds is 5. The zero-order valence-electron chi connectivity index (χ0n) is 13.2. The van der Waals surface area contributed by atoms with Gasteiger partial charge in [-0.05, 0) is 0 Å². The summed E-state index contributed by atoms with van der Waals surface area (Å²) in [5.74, 6) is -3.34. The van der Waals surface area contributed by atoms with Crippen LogP contribution in [0.25, 0.3) is 0 Å². The number of Topliss-reactive ketones (excluding diaryl/α,β-unsaturated/α-hetero) is 1. The van der Waals surface area contributed by atoms with Crippen molar-refractivity contribution in [1.29, 1.82) is 0 Å². The van der Waals surface area contributed by atoms with Crippen molar-refractivity contribution in [2.24, 2.45) is 10.8 Å². The molecule has 0 aromatic heterocycles. The number of halogens is 1. The molecule has 0 spiro atoms. The van der Waals surface area contributed by atoms with E-state index in [1.807, 2.05) is 0 Å². The second kappa shape index (κ2) is 4.33. The minimum Gasteiger partial charge on any atom is -0.479 e. The maximum Gasteiger partial charge on any atom is 0.346 e. The Morgan fingerprint density at radius 1 is 1.13 bits per heavy atom. The number of hydrogen-bond acceptors (Lipinski definition) is 7. The summed E-state index contributed by atoms with van der Waals surface area (Å²) in [5.41, 5.74) is -14.2. The molecule has 1 unspecified atom stereocenters. The second-order valence-corrected chi connectivity index (χ2v) is 8.07. The molecule has 2 aliphatic carbocycles. The van der Waals surface area contributed by atoms with E-state index in [4.69, 9.17) is 0 Å². The number of carbonyl (C=O) groups excluding carboxylic acids is 1. The van der Waals surface area contributed by atoms with Crippen LogP contribution in [0, 0.1) is 10.8 Å². The fourth-order valence-electron chi connectivity index (χ4n) is 4.25. The highest BCUT2D eigenvalue weighted by atomic mass is 79.9. The third-order valence-corrected chi connectivity index (χ3v) is 6.67. The van der Waals surface area contributed by atoms with Crippen LogP contribution in [-0.2, 0) is 9.59 Å². The van der Waals surface area contributed by atoms with Gasteiger partial charge >= 0.3 is 5.97 Å². The quantitative estimate of drug-likeness (QED) is 0.239. The fraction of sp³-hybridized carbons (Fsp3) is 0.857. The van der Waals surface area contributed by atoms with E-state index in [1.165, 1.54) is 27.7 Å². The van der Waals surface area contributed by atoms with Crippen LogP contribution < -0.4 is 0 Å². The van der Waals surface area contributed by atoms with E-state index in [0.29, 0.717) is 0 Å². The lowest BCUT2D eigenvalue weighted by Gasteiger charge is -2.32. The summed E-state index contributed by atoms with van der Waals surface area (Å²) in [6.45, 7) is 5.25. The molecule has 6 N–H and O–H groups in total. The van der Waals surface area contributed by atoms with Gasteiger partial charge in [0.15, 0.2) is 11.4 Å². The smallest absolute Gasteiger partial charge is 0.346 e. The number of alkyl halides is 1. The normalized spacial score (nSPS) is 45.9. The van der Waals surface area contributed by atoms with Gasteiger partial charge in [-0.1, -0.05) is 43.6 Å². The largest absolute Gasteiger partial charge is 0.479 e. The van der Waals surface area contributed by atoms with E-state index >= 15 is 0 Å². The lowest BCUT2D eigenvalue weighted by atomic mass is 9.83. The molecule has 0 radical (unpaired) electrons. The molecule has 0 saturated heterocycles. The van der Waals surface area contributed by atoms with Crippen LogP contribution in [-0.4, -0.2) is 76.2 Å². The lowest BCUT2D eigenvalue weighted by Crippen LogP contribution is -2.64. The first-order valence-electron chi connectivity index (χ1n) is 6.98. The average Bonchev–Trinajstić information content (AvgIpc) is 3.04. The van der Waals surface area contributed by atoms with Crippen molar-refractivity contribution in [3.05, 3.63) is 0 Å². The van der Waals surface area contributed by atoms with Gasteiger partial charge < -0.3 is 30.6 Å². The number of ketones is 1. The minimum atomic E-state index is -3.36. The van der Waals surface area contributed by atoms with Crippen molar-refractivity contribution in [2.45, 2.75) is 56.2 Å². The van der Waals surface area contributed by atoms with Gasteiger partial charge in [0.25, 0.3) is 5.60 Å². The Balaban J connectivity index is 2.68. The first kappa shape index (κ1) is 18.8. The maximum absolute atomic E-state index is 12.0. The summed E-state index contributed by atoms with van der Waals surface area (Å²) in [6.07, 6.45) is -1.47. The molecule has 0 bridgehead atoms. The molecule has 0 heterocycles. The van der Waals surface area contributed by atoms with Gasteiger partial charge in [0.1, 0.15) is 11.2 Å². The number of hydrogen-bond donors (Lipinski definition) is 6. The van der Waals surface area contributed by atoms with Crippen molar-refractivity contribution >= 4 is 27.7 Å². The van der Waals surface area contributed by atoms with Crippen molar-refractivity contribution in [3.63, 3.8) is 0 Å². The van der Waals surface area contributed by atoms with Gasteiger partial charge in [0.05, 0.1) is 11.4 Å². The SMILES string of the molecule is CC1(C)[C@@](O)([C@@](O)(C(=O)O)C(=O)CBr)[C@]1(O)[C@]1(O)C(O)C1(C)C. The fourth-order valence-corrected chi connectivity index (χ4v) is 4.65.